The van der Waals surface area contributed by atoms with Crippen LogP contribution in [0.2, 0.25) is 0 Å². The summed E-state index contributed by atoms with van der Waals surface area (Å²) < 4.78 is 6.73. The summed E-state index contributed by atoms with van der Waals surface area (Å²) in [4.78, 5) is 13.1. The number of thiophene rings is 1. The number of halogens is 1. The number of nitrogens with one attached hydrogen (secondary N) is 1. The number of hydrogen-bond acceptors (Lipinski definition) is 4. The van der Waals surface area contributed by atoms with Crippen LogP contribution in [0, 0.1) is 6.92 Å². The van der Waals surface area contributed by atoms with E-state index in [0.29, 0.717) is 18.1 Å². The molecule has 1 aromatic heterocycles. The monoisotopic (exact) mass is 354 g/mol. The minimum atomic E-state index is -0.266. The zero-order chi connectivity index (χ0) is 14.5. The Balaban J connectivity index is 1.92. The Labute approximate surface area is 130 Å². The topological polar surface area (TPSA) is 64.4 Å². The SMILES string of the molecule is Cc1sc(C(=O)NN)cc1COCc1ccc(Br)cc1. The quantitative estimate of drug-likeness (QED) is 0.492. The molecule has 106 valence electrons. The van der Waals surface area contributed by atoms with Crippen LogP contribution in [-0.4, -0.2) is 5.91 Å². The first-order valence-electron chi connectivity index (χ1n) is 6.02. The van der Waals surface area contributed by atoms with E-state index in [9.17, 15) is 4.79 Å². The van der Waals surface area contributed by atoms with E-state index in [1.54, 1.807) is 0 Å². The van der Waals surface area contributed by atoms with Crippen molar-refractivity contribution in [2.45, 2.75) is 20.1 Å². The highest BCUT2D eigenvalue weighted by Gasteiger charge is 2.11. The van der Waals surface area contributed by atoms with Gasteiger partial charge in [0.1, 0.15) is 0 Å². The van der Waals surface area contributed by atoms with Crippen molar-refractivity contribution in [2.24, 2.45) is 5.84 Å². The van der Waals surface area contributed by atoms with E-state index in [1.807, 2.05) is 37.3 Å². The van der Waals surface area contributed by atoms with Crippen molar-refractivity contribution in [2.75, 3.05) is 0 Å². The first-order valence-corrected chi connectivity index (χ1v) is 7.63. The molecular formula is C14H15BrN2O2S. The fraction of sp³-hybridized carbons (Fsp3) is 0.214. The van der Waals surface area contributed by atoms with Gasteiger partial charge in [-0.3, -0.25) is 10.2 Å². The Bertz CT molecular complexity index is 596. The molecule has 0 aliphatic rings. The van der Waals surface area contributed by atoms with Crippen molar-refractivity contribution < 1.29 is 9.53 Å². The minimum absolute atomic E-state index is 0.266. The molecule has 0 aliphatic carbocycles. The number of aryl methyl sites for hydroxylation is 1. The molecule has 2 aromatic rings. The van der Waals surface area contributed by atoms with Crippen LogP contribution in [-0.2, 0) is 18.0 Å². The minimum Gasteiger partial charge on any atom is -0.372 e. The van der Waals surface area contributed by atoms with Crippen LogP contribution in [0.4, 0.5) is 0 Å². The molecule has 6 heteroatoms. The molecule has 20 heavy (non-hydrogen) atoms. The lowest BCUT2D eigenvalue weighted by Gasteiger charge is -2.04. The van der Waals surface area contributed by atoms with Crippen LogP contribution in [0.1, 0.15) is 25.7 Å². The highest BCUT2D eigenvalue weighted by Crippen LogP contribution is 2.22. The molecule has 1 amide bonds. The van der Waals surface area contributed by atoms with E-state index in [2.05, 4.69) is 21.4 Å². The molecule has 1 aromatic carbocycles. The molecule has 0 aliphatic heterocycles. The largest absolute Gasteiger partial charge is 0.372 e. The zero-order valence-corrected chi connectivity index (χ0v) is 13.4. The molecule has 0 bridgehead atoms. The average molecular weight is 355 g/mol. The van der Waals surface area contributed by atoms with Gasteiger partial charge in [-0.2, -0.15) is 0 Å². The standard InChI is InChI=1S/C14H15BrN2O2S/c1-9-11(6-13(20-9)14(18)17-16)8-19-7-10-2-4-12(15)5-3-10/h2-6H,7-8,16H2,1H3,(H,17,18). The van der Waals surface area contributed by atoms with Crippen molar-refractivity contribution in [1.29, 1.82) is 0 Å². The summed E-state index contributed by atoms with van der Waals surface area (Å²) in [6.45, 7) is 2.99. The summed E-state index contributed by atoms with van der Waals surface area (Å²) >= 11 is 4.81. The average Bonchev–Trinajstić information content (AvgIpc) is 2.82. The number of nitrogens with two attached hydrogens (primary N) is 1. The molecule has 4 nitrogen and oxygen atoms in total. The summed E-state index contributed by atoms with van der Waals surface area (Å²) in [7, 11) is 0. The van der Waals surface area contributed by atoms with Gasteiger partial charge in [0.25, 0.3) is 5.91 Å². The van der Waals surface area contributed by atoms with E-state index in [0.717, 1.165) is 20.5 Å². The van der Waals surface area contributed by atoms with Crippen molar-refractivity contribution in [3.05, 3.63) is 55.7 Å². The second-order valence-electron chi connectivity index (χ2n) is 4.28. The predicted molar refractivity (Wildman–Crippen MR) is 83.3 cm³/mol. The third kappa shape index (κ3) is 3.89. The van der Waals surface area contributed by atoms with E-state index in [-0.39, 0.29) is 5.91 Å². The maximum atomic E-state index is 11.4. The van der Waals surface area contributed by atoms with Gasteiger partial charge < -0.3 is 4.74 Å². The van der Waals surface area contributed by atoms with Crippen LogP contribution in [0.15, 0.2) is 34.8 Å². The normalized spacial score (nSPS) is 10.6. The van der Waals surface area contributed by atoms with Crippen LogP contribution in [0.25, 0.3) is 0 Å². The molecule has 0 saturated carbocycles. The van der Waals surface area contributed by atoms with Gasteiger partial charge in [0.2, 0.25) is 0 Å². The van der Waals surface area contributed by atoms with Gasteiger partial charge in [-0.1, -0.05) is 28.1 Å². The molecule has 1 heterocycles. The second-order valence-corrected chi connectivity index (χ2v) is 6.46. The van der Waals surface area contributed by atoms with Gasteiger partial charge in [0, 0.05) is 9.35 Å². The van der Waals surface area contributed by atoms with Crippen molar-refractivity contribution in [1.82, 2.24) is 5.43 Å². The number of carbonyl (C=O) groups excluding carboxylic acids is 1. The first kappa shape index (κ1) is 15.2. The predicted octanol–water partition coefficient (Wildman–Crippen LogP) is 3.14. The third-order valence-corrected chi connectivity index (χ3v) is 4.44. The molecule has 0 unspecified atom stereocenters. The van der Waals surface area contributed by atoms with Gasteiger partial charge in [-0.05, 0) is 36.2 Å². The Morgan fingerprint density at radius 2 is 2.05 bits per heavy atom. The lowest BCUT2D eigenvalue weighted by Crippen LogP contribution is -2.29. The Kier molecular flexibility index (Phi) is 5.31. The molecule has 0 fully saturated rings. The summed E-state index contributed by atoms with van der Waals surface area (Å²) in [6, 6.07) is 9.82. The lowest BCUT2D eigenvalue weighted by molar-refractivity contribution is 0.0956. The molecule has 3 N–H and O–H groups in total. The summed E-state index contributed by atoms with van der Waals surface area (Å²) in [6.07, 6.45) is 0. The molecular weight excluding hydrogens is 340 g/mol. The van der Waals surface area contributed by atoms with Gasteiger partial charge in [-0.25, -0.2) is 5.84 Å². The van der Waals surface area contributed by atoms with E-state index < -0.39 is 0 Å². The van der Waals surface area contributed by atoms with E-state index in [1.165, 1.54) is 11.3 Å². The van der Waals surface area contributed by atoms with E-state index in [4.69, 9.17) is 10.6 Å². The maximum absolute atomic E-state index is 11.4. The van der Waals surface area contributed by atoms with Crippen molar-refractivity contribution in [3.63, 3.8) is 0 Å². The van der Waals surface area contributed by atoms with Crippen LogP contribution >= 0.6 is 27.3 Å². The highest BCUT2D eigenvalue weighted by molar-refractivity contribution is 9.10. The number of benzene rings is 1. The fourth-order valence-electron chi connectivity index (χ4n) is 1.71. The van der Waals surface area contributed by atoms with Crippen LogP contribution in [0.5, 0.6) is 0 Å². The smallest absolute Gasteiger partial charge is 0.275 e. The number of hydrogen-bond donors (Lipinski definition) is 2. The first-order chi connectivity index (χ1) is 9.60. The summed E-state index contributed by atoms with van der Waals surface area (Å²) in [5.41, 5.74) is 4.27. The summed E-state index contributed by atoms with van der Waals surface area (Å²) in [5.74, 6) is 4.86. The number of ether oxygens (including phenoxy) is 1. The Morgan fingerprint density at radius 3 is 2.70 bits per heavy atom. The molecule has 2 rings (SSSR count). The van der Waals surface area contributed by atoms with Crippen LogP contribution in [0.3, 0.4) is 0 Å². The van der Waals surface area contributed by atoms with Gasteiger partial charge in [0.15, 0.2) is 0 Å². The van der Waals surface area contributed by atoms with E-state index >= 15 is 0 Å². The van der Waals surface area contributed by atoms with Crippen molar-refractivity contribution in [3.8, 4) is 0 Å². The van der Waals surface area contributed by atoms with Gasteiger partial charge in [0.05, 0.1) is 18.1 Å². The molecule has 0 spiro atoms. The number of nitrogen functional groups attached to an aromatic ring is 1. The van der Waals surface area contributed by atoms with Gasteiger partial charge in [-0.15, -0.1) is 11.3 Å². The number of rotatable bonds is 5. The van der Waals surface area contributed by atoms with Gasteiger partial charge >= 0.3 is 0 Å². The Hall–Kier alpha value is -1.21. The summed E-state index contributed by atoms with van der Waals surface area (Å²) in [5, 5.41) is 0. The number of carbonyl (C=O) groups is 1. The third-order valence-electron chi connectivity index (χ3n) is 2.82. The highest BCUT2D eigenvalue weighted by atomic mass is 79.9. The van der Waals surface area contributed by atoms with Crippen LogP contribution < -0.4 is 11.3 Å². The van der Waals surface area contributed by atoms with Crippen molar-refractivity contribution >= 4 is 33.2 Å². The molecule has 0 radical (unpaired) electrons. The maximum Gasteiger partial charge on any atom is 0.275 e. The zero-order valence-electron chi connectivity index (χ0n) is 11.0. The number of amides is 1. The fourth-order valence-corrected chi connectivity index (χ4v) is 2.90. The second kappa shape index (κ2) is 6.99. The molecule has 0 atom stereocenters. The lowest BCUT2D eigenvalue weighted by atomic mass is 10.2. The molecule has 0 saturated heterocycles. The number of hydrazine groups is 1. The Morgan fingerprint density at radius 1 is 1.35 bits per heavy atom.